The number of hydrogen-bond donors (Lipinski definition) is 1. The lowest BCUT2D eigenvalue weighted by Gasteiger charge is -2.23. The van der Waals surface area contributed by atoms with Crippen molar-refractivity contribution in [2.24, 2.45) is 5.92 Å². The Hall–Kier alpha value is -1.15. The third-order valence-corrected chi connectivity index (χ3v) is 3.65. The van der Waals surface area contributed by atoms with Gasteiger partial charge in [-0.05, 0) is 25.3 Å². The van der Waals surface area contributed by atoms with Crippen LogP contribution in [0.25, 0.3) is 0 Å². The molecule has 2 heteroatoms. The lowest BCUT2D eigenvalue weighted by atomic mass is 9.88. The predicted molar refractivity (Wildman–Crippen MR) is 69.8 cm³/mol. The van der Waals surface area contributed by atoms with Crippen molar-refractivity contribution < 1.29 is 4.79 Å². The van der Waals surface area contributed by atoms with Gasteiger partial charge in [0.1, 0.15) is 5.78 Å². The van der Waals surface area contributed by atoms with E-state index in [1.165, 1.54) is 12.0 Å². The number of rotatable bonds is 4. The Morgan fingerprint density at radius 2 is 2.06 bits per heavy atom. The molecule has 1 fully saturated rings. The first-order chi connectivity index (χ1) is 8.27. The van der Waals surface area contributed by atoms with Gasteiger partial charge in [-0.15, -0.1) is 0 Å². The van der Waals surface area contributed by atoms with E-state index >= 15 is 0 Å². The monoisotopic (exact) mass is 231 g/mol. The number of benzene rings is 1. The lowest BCUT2D eigenvalue weighted by molar-refractivity contribution is -0.124. The zero-order valence-corrected chi connectivity index (χ0v) is 10.5. The summed E-state index contributed by atoms with van der Waals surface area (Å²) in [6.07, 6.45) is 4.14. The maximum Gasteiger partial charge on any atom is 0.137 e. The number of carbonyl (C=O) groups excluding carboxylic acids is 1. The van der Waals surface area contributed by atoms with E-state index in [9.17, 15) is 4.79 Å². The number of nitrogens with one attached hydrogen (secondary N) is 1. The van der Waals surface area contributed by atoms with E-state index in [2.05, 4.69) is 36.5 Å². The fourth-order valence-corrected chi connectivity index (χ4v) is 2.45. The Kier molecular flexibility index (Phi) is 4.32. The smallest absolute Gasteiger partial charge is 0.137 e. The van der Waals surface area contributed by atoms with Gasteiger partial charge in [-0.1, -0.05) is 36.8 Å². The Bertz CT molecular complexity index is 360. The second-order valence-electron chi connectivity index (χ2n) is 4.95. The van der Waals surface area contributed by atoms with Crippen molar-refractivity contribution >= 4 is 5.78 Å². The molecule has 0 spiro atoms. The van der Waals surface area contributed by atoms with Gasteiger partial charge in [-0.25, -0.2) is 0 Å². The lowest BCUT2D eigenvalue weighted by Crippen LogP contribution is -2.32. The van der Waals surface area contributed by atoms with Gasteiger partial charge < -0.3 is 5.32 Å². The molecule has 0 aliphatic heterocycles. The van der Waals surface area contributed by atoms with Gasteiger partial charge in [0.2, 0.25) is 0 Å². The molecule has 0 amide bonds. The molecule has 1 unspecified atom stereocenters. The first kappa shape index (κ1) is 12.3. The van der Waals surface area contributed by atoms with Crippen molar-refractivity contribution in [2.45, 2.75) is 38.6 Å². The summed E-state index contributed by atoms with van der Waals surface area (Å²) < 4.78 is 0. The number of carbonyl (C=O) groups is 1. The summed E-state index contributed by atoms with van der Waals surface area (Å²) in [6, 6.07) is 10.7. The summed E-state index contributed by atoms with van der Waals surface area (Å²) in [5, 5.41) is 3.48. The van der Waals surface area contributed by atoms with Crippen molar-refractivity contribution in [3.8, 4) is 0 Å². The van der Waals surface area contributed by atoms with E-state index in [-0.39, 0.29) is 5.92 Å². The number of Topliss-reactive ketones (excluding diaryl/α,β-unsaturated/α-hetero) is 1. The minimum absolute atomic E-state index is 0.245. The van der Waals surface area contributed by atoms with E-state index in [1.807, 2.05) is 6.07 Å². The molecule has 2 rings (SSSR count). The van der Waals surface area contributed by atoms with Crippen molar-refractivity contribution in [3.63, 3.8) is 0 Å². The maximum atomic E-state index is 11.7. The van der Waals surface area contributed by atoms with Crippen LogP contribution in [0.1, 0.15) is 44.2 Å². The fourth-order valence-electron chi connectivity index (χ4n) is 2.45. The minimum atomic E-state index is 0.245. The van der Waals surface area contributed by atoms with Crippen molar-refractivity contribution in [3.05, 3.63) is 35.9 Å². The second-order valence-corrected chi connectivity index (χ2v) is 4.95. The average molecular weight is 231 g/mol. The van der Waals surface area contributed by atoms with Crippen LogP contribution >= 0.6 is 0 Å². The molecule has 0 saturated heterocycles. The fraction of sp³-hybridized carbons (Fsp3) is 0.533. The second kappa shape index (κ2) is 5.97. The van der Waals surface area contributed by atoms with Crippen LogP contribution in [0, 0.1) is 5.92 Å². The van der Waals surface area contributed by atoms with E-state index in [0.717, 1.165) is 25.8 Å². The van der Waals surface area contributed by atoms with Gasteiger partial charge in [-0.3, -0.25) is 4.79 Å². The van der Waals surface area contributed by atoms with Crippen LogP contribution in [0.15, 0.2) is 30.3 Å². The average Bonchev–Trinajstić information content (AvgIpc) is 2.38. The molecule has 2 nitrogen and oxygen atoms in total. The van der Waals surface area contributed by atoms with Crippen molar-refractivity contribution in [1.82, 2.24) is 5.32 Å². The number of ketones is 1. The van der Waals surface area contributed by atoms with Gasteiger partial charge in [0.05, 0.1) is 0 Å². The molecule has 0 heterocycles. The zero-order valence-electron chi connectivity index (χ0n) is 10.5. The van der Waals surface area contributed by atoms with Crippen molar-refractivity contribution in [2.75, 3.05) is 6.54 Å². The highest BCUT2D eigenvalue weighted by molar-refractivity contribution is 5.81. The molecule has 2 atom stereocenters. The van der Waals surface area contributed by atoms with Gasteiger partial charge in [0.25, 0.3) is 0 Å². The third-order valence-electron chi connectivity index (χ3n) is 3.65. The first-order valence-corrected chi connectivity index (χ1v) is 6.58. The highest BCUT2D eigenvalue weighted by Crippen LogP contribution is 2.21. The number of hydrogen-bond acceptors (Lipinski definition) is 2. The van der Waals surface area contributed by atoms with Crippen LogP contribution in [-0.4, -0.2) is 12.3 Å². The van der Waals surface area contributed by atoms with Crippen LogP contribution < -0.4 is 5.32 Å². The molecule has 17 heavy (non-hydrogen) atoms. The summed E-state index contributed by atoms with van der Waals surface area (Å²) in [4.78, 5) is 11.7. The van der Waals surface area contributed by atoms with E-state index in [4.69, 9.17) is 0 Å². The van der Waals surface area contributed by atoms with Crippen LogP contribution in [0.2, 0.25) is 0 Å². The maximum absolute atomic E-state index is 11.7. The summed E-state index contributed by atoms with van der Waals surface area (Å²) in [6.45, 7) is 2.98. The van der Waals surface area contributed by atoms with E-state index in [0.29, 0.717) is 11.8 Å². The molecule has 0 aromatic heterocycles. The molecular weight excluding hydrogens is 210 g/mol. The molecule has 0 bridgehead atoms. The molecule has 1 aromatic rings. The molecule has 1 saturated carbocycles. The van der Waals surface area contributed by atoms with Crippen molar-refractivity contribution in [1.29, 1.82) is 0 Å². The molecule has 1 aliphatic carbocycles. The standard InChI is InChI=1S/C15H21NO/c1-12(13-7-3-2-4-8-13)16-11-14-9-5-6-10-15(14)17/h2-4,7-8,12,14,16H,5-6,9-11H2,1H3/t12-,14?/m1/s1. The highest BCUT2D eigenvalue weighted by Gasteiger charge is 2.22. The Morgan fingerprint density at radius 1 is 1.29 bits per heavy atom. The molecule has 1 aromatic carbocycles. The quantitative estimate of drug-likeness (QED) is 0.862. The SMILES string of the molecule is C[C@@H](NCC1CCCCC1=O)c1ccccc1. The van der Waals surface area contributed by atoms with Crippen LogP contribution in [0.4, 0.5) is 0 Å². The highest BCUT2D eigenvalue weighted by atomic mass is 16.1. The van der Waals surface area contributed by atoms with Gasteiger partial charge in [-0.2, -0.15) is 0 Å². The van der Waals surface area contributed by atoms with Crippen LogP contribution in [-0.2, 0) is 4.79 Å². The summed E-state index contributed by atoms with van der Waals surface area (Å²) in [7, 11) is 0. The first-order valence-electron chi connectivity index (χ1n) is 6.58. The predicted octanol–water partition coefficient (Wildman–Crippen LogP) is 3.10. The Morgan fingerprint density at radius 3 is 2.76 bits per heavy atom. The Labute approximate surface area is 103 Å². The topological polar surface area (TPSA) is 29.1 Å². The largest absolute Gasteiger partial charge is 0.309 e. The normalized spacial score (nSPS) is 22.4. The van der Waals surface area contributed by atoms with Gasteiger partial charge in [0.15, 0.2) is 0 Å². The minimum Gasteiger partial charge on any atom is -0.309 e. The summed E-state index contributed by atoms with van der Waals surface area (Å²) in [5.41, 5.74) is 1.29. The molecule has 92 valence electrons. The van der Waals surface area contributed by atoms with Crippen LogP contribution in [0.3, 0.4) is 0 Å². The molecular formula is C15H21NO. The van der Waals surface area contributed by atoms with Gasteiger partial charge >= 0.3 is 0 Å². The van der Waals surface area contributed by atoms with Gasteiger partial charge in [0, 0.05) is 24.9 Å². The summed E-state index contributed by atoms with van der Waals surface area (Å²) in [5.74, 6) is 0.693. The third kappa shape index (κ3) is 3.40. The van der Waals surface area contributed by atoms with E-state index in [1.54, 1.807) is 0 Å². The van der Waals surface area contributed by atoms with Crippen LogP contribution in [0.5, 0.6) is 0 Å². The molecule has 1 N–H and O–H groups in total. The zero-order chi connectivity index (χ0) is 12.1. The van der Waals surface area contributed by atoms with E-state index < -0.39 is 0 Å². The Balaban J connectivity index is 1.83. The molecule has 0 radical (unpaired) electrons. The molecule has 1 aliphatic rings. The summed E-state index contributed by atoms with van der Waals surface area (Å²) >= 11 is 0.